The number of likely N-dealkylation sites (N-methyl/N-ethyl adjacent to an activating group) is 1. The van der Waals surface area contributed by atoms with Crippen molar-refractivity contribution in [1.29, 1.82) is 0 Å². The van der Waals surface area contributed by atoms with E-state index in [2.05, 4.69) is 25.4 Å². The van der Waals surface area contributed by atoms with E-state index >= 15 is 0 Å². The summed E-state index contributed by atoms with van der Waals surface area (Å²) in [4.78, 5) is 27.4. The molecule has 196 valence electrons. The number of sulfonamides is 1. The number of carbonyl (C=O) groups is 1. The SMILES string of the molecule is CCS(=O)(=O)N1CCC(Nc2nccc(-c3cccc(-c4cc(C5(O)CCN(C)C5=O)on4)n3)n2)CC1. The van der Waals surface area contributed by atoms with Gasteiger partial charge in [-0.05, 0) is 38.0 Å². The third-order valence-corrected chi connectivity index (χ3v) is 8.78. The fourth-order valence-corrected chi connectivity index (χ4v) is 5.74. The first-order valence-electron chi connectivity index (χ1n) is 12.2. The third-order valence-electron chi connectivity index (χ3n) is 6.90. The molecule has 2 fully saturated rings. The maximum atomic E-state index is 12.4. The van der Waals surface area contributed by atoms with E-state index < -0.39 is 21.5 Å². The van der Waals surface area contributed by atoms with E-state index in [0.717, 1.165) is 0 Å². The number of anilines is 1. The average molecular weight is 528 g/mol. The van der Waals surface area contributed by atoms with Crippen LogP contribution in [0.2, 0.25) is 0 Å². The number of hydrogen-bond donors (Lipinski definition) is 2. The molecule has 0 spiro atoms. The Hall–Kier alpha value is -3.42. The van der Waals surface area contributed by atoms with Gasteiger partial charge in [-0.1, -0.05) is 11.2 Å². The van der Waals surface area contributed by atoms with Crippen molar-refractivity contribution in [3.8, 4) is 22.8 Å². The van der Waals surface area contributed by atoms with Crippen LogP contribution >= 0.6 is 0 Å². The Kier molecular flexibility index (Phi) is 6.68. The quantitative estimate of drug-likeness (QED) is 0.461. The molecule has 2 aliphatic rings. The van der Waals surface area contributed by atoms with Gasteiger partial charge in [0.2, 0.25) is 21.6 Å². The average Bonchev–Trinajstić information content (AvgIpc) is 3.52. The van der Waals surface area contributed by atoms with Crippen LogP contribution < -0.4 is 5.32 Å². The lowest BCUT2D eigenvalue weighted by Gasteiger charge is -2.31. The van der Waals surface area contributed by atoms with Gasteiger partial charge in [-0.25, -0.2) is 27.7 Å². The summed E-state index contributed by atoms with van der Waals surface area (Å²) in [5, 5.41) is 18.2. The lowest BCUT2D eigenvalue weighted by molar-refractivity contribution is -0.144. The molecule has 12 nitrogen and oxygen atoms in total. The number of aromatic nitrogens is 4. The number of nitrogens with zero attached hydrogens (tertiary/aromatic N) is 6. The van der Waals surface area contributed by atoms with E-state index in [0.29, 0.717) is 61.2 Å². The molecule has 0 aliphatic carbocycles. The fraction of sp³-hybridized carbons (Fsp3) is 0.458. The lowest BCUT2D eigenvalue weighted by Crippen LogP contribution is -2.43. The molecule has 13 heteroatoms. The highest BCUT2D eigenvalue weighted by Gasteiger charge is 2.48. The van der Waals surface area contributed by atoms with Gasteiger partial charge < -0.3 is 19.8 Å². The van der Waals surface area contributed by atoms with Crippen LogP contribution in [0.25, 0.3) is 22.8 Å². The van der Waals surface area contributed by atoms with Gasteiger partial charge in [-0.3, -0.25) is 4.79 Å². The predicted octanol–water partition coefficient (Wildman–Crippen LogP) is 1.47. The Morgan fingerprint density at radius 1 is 1.11 bits per heavy atom. The Bertz CT molecular complexity index is 1400. The van der Waals surface area contributed by atoms with Crippen molar-refractivity contribution >= 4 is 21.9 Å². The van der Waals surface area contributed by atoms with Crippen molar-refractivity contribution in [1.82, 2.24) is 29.3 Å². The molecule has 1 atom stereocenters. The standard InChI is InChI=1S/C24H29N7O5S/c1-3-37(34,35)31-12-8-16(9-13-31)26-23-25-11-7-19(28-23)17-5-4-6-18(27-17)20-15-21(36-29-20)24(33)10-14-30(2)22(24)32/h4-7,11,15-16,33H,3,8-10,12-14H2,1-2H3,(H,25,26,28). The zero-order chi connectivity index (χ0) is 26.2. The summed E-state index contributed by atoms with van der Waals surface area (Å²) in [5.74, 6) is 0.219. The monoisotopic (exact) mass is 527 g/mol. The highest BCUT2D eigenvalue weighted by Crippen LogP contribution is 2.34. The fourth-order valence-electron chi connectivity index (χ4n) is 4.61. The minimum atomic E-state index is -3.18. The van der Waals surface area contributed by atoms with E-state index in [1.807, 2.05) is 12.1 Å². The van der Waals surface area contributed by atoms with Crippen molar-refractivity contribution < 1.29 is 22.8 Å². The maximum absolute atomic E-state index is 12.4. The maximum Gasteiger partial charge on any atom is 0.262 e. The van der Waals surface area contributed by atoms with Crippen LogP contribution in [-0.4, -0.2) is 87.2 Å². The first kappa shape index (κ1) is 25.2. The number of rotatable bonds is 7. The number of hydrogen-bond acceptors (Lipinski definition) is 10. The van der Waals surface area contributed by atoms with Crippen molar-refractivity contribution in [2.45, 2.75) is 37.8 Å². The molecule has 0 saturated carbocycles. The second-order valence-corrected chi connectivity index (χ2v) is 11.6. The second kappa shape index (κ2) is 9.80. The molecule has 1 amide bonds. The van der Waals surface area contributed by atoms with Gasteiger partial charge in [-0.2, -0.15) is 0 Å². The summed E-state index contributed by atoms with van der Waals surface area (Å²) in [6.07, 6.45) is 3.20. The number of amides is 1. The normalized spacial score (nSPS) is 21.5. The molecule has 3 aromatic rings. The summed E-state index contributed by atoms with van der Waals surface area (Å²) in [6.45, 7) is 3.02. The summed E-state index contributed by atoms with van der Waals surface area (Å²) in [7, 11) is -1.55. The lowest BCUT2D eigenvalue weighted by atomic mass is 9.98. The summed E-state index contributed by atoms with van der Waals surface area (Å²) >= 11 is 0. The highest BCUT2D eigenvalue weighted by molar-refractivity contribution is 7.89. The van der Waals surface area contributed by atoms with Crippen LogP contribution in [0.3, 0.4) is 0 Å². The highest BCUT2D eigenvalue weighted by atomic mass is 32.2. The van der Waals surface area contributed by atoms with Gasteiger partial charge >= 0.3 is 0 Å². The Balaban J connectivity index is 1.30. The van der Waals surface area contributed by atoms with Gasteiger partial charge in [0.05, 0.1) is 22.8 Å². The molecule has 5 rings (SSSR count). The number of nitrogens with one attached hydrogen (secondary N) is 1. The zero-order valence-corrected chi connectivity index (χ0v) is 21.5. The molecular formula is C24H29N7O5S. The molecule has 0 aromatic carbocycles. The number of likely N-dealkylation sites (tertiary alicyclic amines) is 1. The summed E-state index contributed by atoms with van der Waals surface area (Å²) in [5.41, 5.74) is 0.371. The zero-order valence-electron chi connectivity index (χ0n) is 20.7. The van der Waals surface area contributed by atoms with E-state index in [9.17, 15) is 18.3 Å². The van der Waals surface area contributed by atoms with Crippen LogP contribution in [0.15, 0.2) is 41.1 Å². The largest absolute Gasteiger partial charge is 0.373 e. The minimum Gasteiger partial charge on any atom is -0.373 e. The number of carbonyl (C=O) groups excluding carboxylic acids is 1. The van der Waals surface area contributed by atoms with Gasteiger partial charge in [-0.15, -0.1) is 0 Å². The van der Waals surface area contributed by atoms with E-state index in [4.69, 9.17) is 4.52 Å². The second-order valence-electron chi connectivity index (χ2n) is 9.31. The van der Waals surface area contributed by atoms with Crippen LogP contribution in [0, 0.1) is 0 Å². The smallest absolute Gasteiger partial charge is 0.262 e. The molecule has 2 saturated heterocycles. The predicted molar refractivity (Wildman–Crippen MR) is 135 cm³/mol. The van der Waals surface area contributed by atoms with Gasteiger partial charge in [0.25, 0.3) is 5.91 Å². The van der Waals surface area contributed by atoms with Crippen LogP contribution in [0.5, 0.6) is 0 Å². The molecular weight excluding hydrogens is 498 g/mol. The van der Waals surface area contributed by atoms with Crippen LogP contribution in [0.1, 0.15) is 31.9 Å². The molecule has 0 bridgehead atoms. The topological polar surface area (TPSA) is 155 Å². The van der Waals surface area contributed by atoms with E-state index in [1.54, 1.807) is 38.4 Å². The molecule has 3 aromatic heterocycles. The van der Waals surface area contributed by atoms with Crippen LogP contribution in [-0.2, 0) is 20.4 Å². The first-order chi connectivity index (χ1) is 17.7. The van der Waals surface area contributed by atoms with E-state index in [1.165, 1.54) is 9.21 Å². The first-order valence-corrected chi connectivity index (χ1v) is 13.8. The van der Waals surface area contributed by atoms with Gasteiger partial charge in [0.1, 0.15) is 5.69 Å². The van der Waals surface area contributed by atoms with Crippen molar-refractivity contribution in [3.05, 3.63) is 42.3 Å². The number of piperidine rings is 1. The number of aliphatic hydroxyl groups is 1. The molecule has 37 heavy (non-hydrogen) atoms. The molecule has 2 N–H and O–H groups in total. The van der Waals surface area contributed by atoms with Crippen molar-refractivity contribution in [2.24, 2.45) is 0 Å². The third kappa shape index (κ3) is 4.93. The molecule has 2 aliphatic heterocycles. The minimum absolute atomic E-state index is 0.0644. The van der Waals surface area contributed by atoms with Gasteiger partial charge in [0.15, 0.2) is 5.76 Å². The molecule has 1 unspecified atom stereocenters. The Morgan fingerprint density at radius 2 is 1.81 bits per heavy atom. The Morgan fingerprint density at radius 3 is 2.49 bits per heavy atom. The van der Waals surface area contributed by atoms with Crippen molar-refractivity contribution in [3.63, 3.8) is 0 Å². The van der Waals surface area contributed by atoms with Crippen LogP contribution in [0.4, 0.5) is 5.95 Å². The van der Waals surface area contributed by atoms with E-state index in [-0.39, 0.29) is 24.0 Å². The summed E-state index contributed by atoms with van der Waals surface area (Å²) < 4.78 is 31.1. The molecule has 0 radical (unpaired) electrons. The molecule has 5 heterocycles. The Labute approximate surface area is 214 Å². The van der Waals surface area contributed by atoms with Crippen molar-refractivity contribution in [2.75, 3.05) is 37.8 Å². The van der Waals surface area contributed by atoms with Gasteiger partial charge in [0, 0.05) is 51.4 Å². The number of pyridine rings is 1. The summed E-state index contributed by atoms with van der Waals surface area (Å²) in [6, 6.07) is 8.74.